The van der Waals surface area contributed by atoms with Gasteiger partial charge in [0.05, 0.1) is 33.8 Å². The van der Waals surface area contributed by atoms with E-state index in [1.165, 1.54) is 46.2 Å². The van der Waals surface area contributed by atoms with Gasteiger partial charge in [-0.15, -0.1) is 0 Å². The Morgan fingerprint density at radius 3 is 1.23 bits per heavy atom. The van der Waals surface area contributed by atoms with Crippen molar-refractivity contribution in [3.63, 3.8) is 0 Å². The SMILES string of the molecule is CCC1(CC)C/C(=C\C(=O)Nc2ccc3c(c2)N(C)C(=O)C(C)(C)O3)c2ccc(C(F)(F)F)cc2O1.CCC1(CC)C/C(=C\C(=O)Nc2ccc3c(c2)N(C)C(=O)C(C)O3)c2ccc(C(F)(F)F)cc2O1.CCC1(CC)C/C(=C\C(=O)Nc2ccc3c(c2)NC(=O)C(CCO)O3)c2ccc(C(F)(F)F)cc2O1. The molecule has 0 aliphatic carbocycles. The average Bonchev–Trinajstić information content (AvgIpc) is 0.785. The van der Waals surface area contributed by atoms with Crippen molar-refractivity contribution in [2.75, 3.05) is 51.8 Å². The lowest BCUT2D eigenvalue weighted by molar-refractivity contribution is -0.138. The largest absolute Gasteiger partial charge is 0.486 e. The number of halogens is 9. The second kappa shape index (κ2) is 30.8. The molecule has 6 heterocycles. The summed E-state index contributed by atoms with van der Waals surface area (Å²) in [4.78, 5) is 78.7. The van der Waals surface area contributed by atoms with Gasteiger partial charge in [-0.25, -0.2) is 0 Å². The quantitative estimate of drug-likeness (QED) is 0.0505. The van der Waals surface area contributed by atoms with Crippen molar-refractivity contribution < 1.29 is 102 Å². The Labute approximate surface area is 612 Å². The number of carbonyl (C=O) groups is 6. The molecule has 2 atom stereocenters. The van der Waals surface area contributed by atoms with Gasteiger partial charge in [0.2, 0.25) is 17.7 Å². The van der Waals surface area contributed by atoms with Gasteiger partial charge in [-0.3, -0.25) is 28.8 Å². The molecule has 0 saturated heterocycles. The number of anilines is 6. The fourth-order valence-corrected chi connectivity index (χ4v) is 13.5. The van der Waals surface area contributed by atoms with Gasteiger partial charge in [0, 0.05) is 98.4 Å². The molecule has 6 aromatic carbocycles. The summed E-state index contributed by atoms with van der Waals surface area (Å²) in [6, 6.07) is 24.7. The predicted molar refractivity (Wildman–Crippen MR) is 386 cm³/mol. The average molecular weight is 1500 g/mol. The van der Waals surface area contributed by atoms with E-state index < -0.39 is 93.5 Å². The summed E-state index contributed by atoms with van der Waals surface area (Å²) in [5, 5.41) is 20.1. The topological polar surface area (TPSA) is 233 Å². The van der Waals surface area contributed by atoms with Crippen LogP contribution in [0.15, 0.2) is 127 Å². The van der Waals surface area contributed by atoms with Crippen LogP contribution in [0.5, 0.6) is 34.5 Å². The molecule has 0 saturated carbocycles. The van der Waals surface area contributed by atoms with E-state index in [1.54, 1.807) is 89.5 Å². The predicted octanol–water partition coefficient (Wildman–Crippen LogP) is 17.2. The van der Waals surface area contributed by atoms with Crippen LogP contribution in [0.2, 0.25) is 0 Å². The Morgan fingerprint density at radius 1 is 0.495 bits per heavy atom. The molecule has 6 aromatic rings. The molecule has 6 amide bonds. The van der Waals surface area contributed by atoms with E-state index in [-0.39, 0.29) is 42.1 Å². The van der Waals surface area contributed by atoms with E-state index in [0.717, 1.165) is 36.4 Å². The van der Waals surface area contributed by atoms with Crippen LogP contribution in [0.3, 0.4) is 0 Å². The maximum atomic E-state index is 13.3. The van der Waals surface area contributed by atoms with Crippen LogP contribution in [0.4, 0.5) is 73.6 Å². The third kappa shape index (κ3) is 17.3. The maximum absolute atomic E-state index is 13.3. The van der Waals surface area contributed by atoms with Gasteiger partial charge in [0.1, 0.15) is 51.3 Å². The first-order chi connectivity index (χ1) is 50.3. The van der Waals surface area contributed by atoms with Crippen LogP contribution in [0.25, 0.3) is 16.7 Å². The maximum Gasteiger partial charge on any atom is 0.416 e. The number of nitrogens with zero attached hydrogens (tertiary/aromatic N) is 2. The Hall–Kier alpha value is -10.5. The zero-order chi connectivity index (χ0) is 78.1. The molecule has 6 aliphatic heterocycles. The van der Waals surface area contributed by atoms with Crippen LogP contribution >= 0.6 is 0 Å². The molecule has 19 nitrogen and oxygen atoms in total. The van der Waals surface area contributed by atoms with Gasteiger partial charge >= 0.3 is 18.5 Å². The highest BCUT2D eigenvalue weighted by atomic mass is 19.4. The van der Waals surface area contributed by atoms with Crippen molar-refractivity contribution in [1.29, 1.82) is 0 Å². The van der Waals surface area contributed by atoms with Crippen LogP contribution < -0.4 is 59.5 Å². The van der Waals surface area contributed by atoms with Gasteiger partial charge in [0.15, 0.2) is 17.8 Å². The highest BCUT2D eigenvalue weighted by molar-refractivity contribution is 6.09. The monoisotopic (exact) mass is 1490 g/mol. The van der Waals surface area contributed by atoms with Gasteiger partial charge < -0.3 is 64.6 Å². The van der Waals surface area contributed by atoms with Crippen molar-refractivity contribution in [1.82, 2.24) is 0 Å². The Morgan fingerprint density at radius 2 is 0.860 bits per heavy atom. The number of rotatable bonds is 14. The fourth-order valence-electron chi connectivity index (χ4n) is 13.5. The molecular weight excluding hydrogens is 1410 g/mol. The first-order valence-corrected chi connectivity index (χ1v) is 35.0. The molecule has 0 bridgehead atoms. The molecule has 0 fully saturated rings. The van der Waals surface area contributed by atoms with Crippen molar-refractivity contribution in [2.24, 2.45) is 0 Å². The van der Waals surface area contributed by atoms with Gasteiger partial charge in [-0.05, 0) is 167 Å². The first-order valence-electron chi connectivity index (χ1n) is 35.0. The van der Waals surface area contributed by atoms with Crippen LogP contribution in [0.1, 0.15) is 160 Å². The number of benzene rings is 6. The highest BCUT2D eigenvalue weighted by Gasteiger charge is 2.44. The van der Waals surface area contributed by atoms with Gasteiger partial charge in [-0.1, -0.05) is 59.7 Å². The minimum atomic E-state index is -4.51. The summed E-state index contributed by atoms with van der Waals surface area (Å²) in [5.41, 5.74) is 0.356. The Bertz CT molecular complexity index is 4550. The molecular formula is C79H83F9N6O13. The number of likely N-dealkylation sites (N-methyl/N-ethyl adjacent to an activating group) is 2. The van der Waals surface area contributed by atoms with Crippen LogP contribution in [-0.2, 0) is 47.3 Å². The van der Waals surface area contributed by atoms with E-state index in [2.05, 4.69) is 21.3 Å². The van der Waals surface area contributed by atoms with E-state index in [0.29, 0.717) is 143 Å². The zero-order valence-electron chi connectivity index (χ0n) is 60.7. The number of aliphatic hydroxyl groups is 1. The Kier molecular flexibility index (Phi) is 22.7. The third-order valence-corrected chi connectivity index (χ3v) is 20.1. The molecule has 5 N–H and O–H groups in total. The number of fused-ring (bicyclic) bond motifs is 6. The lowest BCUT2D eigenvalue weighted by Crippen LogP contribution is -2.50. The van der Waals surface area contributed by atoms with Crippen molar-refractivity contribution in [3.8, 4) is 34.5 Å². The summed E-state index contributed by atoms with van der Waals surface area (Å²) < 4.78 is 155. The number of hydrogen-bond acceptors (Lipinski definition) is 13. The van der Waals surface area contributed by atoms with E-state index in [9.17, 15) is 68.3 Å². The standard InChI is InChI=1S/C27H29F3N2O4.C26H27F3N2O5.C26H27F3N2O4/c1-6-26(7-2)15-16(19-10-8-17(27(28,29)30)13-22(19)36-26)12-23(33)31-18-9-11-21-20(14-18)32(5)24(34)25(3,4)35-21;1-3-25(4-2)14-15(18-7-5-16(26(27,28)29)12-22(18)36-25)11-23(33)30-17-6-8-20-19(13-17)31-24(34)21(35-20)9-10-32;1-5-25(6-2)14-16(19-9-7-17(26(27,28)29)12-22(19)35-25)11-23(32)30-18-8-10-21-20(13-18)31(4)24(33)15(3)34-21/h8-14H,6-7,15H2,1-5H3,(H,31,33);5-8,11-13,21,32H,3-4,9-10,14H2,1-2H3,(H,30,33)(H,31,34);7-13,15H,5-6,14H2,1-4H3,(H,30,32)/b16-12+;15-11+;16-11+. The number of ether oxygens (including phenoxy) is 6. The summed E-state index contributed by atoms with van der Waals surface area (Å²) in [6.45, 7) is 16.3. The highest BCUT2D eigenvalue weighted by Crippen LogP contribution is 2.50. The van der Waals surface area contributed by atoms with Gasteiger partial charge in [0.25, 0.3) is 17.7 Å². The van der Waals surface area contributed by atoms with E-state index in [4.69, 9.17) is 33.5 Å². The zero-order valence-corrected chi connectivity index (χ0v) is 60.7. The smallest absolute Gasteiger partial charge is 0.416 e. The number of alkyl halides is 9. The second-order valence-corrected chi connectivity index (χ2v) is 27.4. The van der Waals surface area contributed by atoms with E-state index in [1.807, 2.05) is 41.5 Å². The second-order valence-electron chi connectivity index (χ2n) is 27.4. The summed E-state index contributed by atoms with van der Waals surface area (Å²) in [6.07, 6.45) is -6.03. The van der Waals surface area contributed by atoms with E-state index >= 15 is 0 Å². The molecule has 28 heteroatoms. The molecule has 107 heavy (non-hydrogen) atoms. The molecule has 2 unspecified atom stereocenters. The fraction of sp³-hybridized carbons (Fsp3) is 0.392. The van der Waals surface area contributed by atoms with Gasteiger partial charge in [-0.2, -0.15) is 39.5 Å². The minimum absolute atomic E-state index is 0.102. The normalized spacial score (nSPS) is 19.5. The summed E-state index contributed by atoms with van der Waals surface area (Å²) in [5.74, 6) is -0.347. The number of nitrogens with one attached hydrogen (secondary N) is 4. The number of hydrogen-bond donors (Lipinski definition) is 5. The van der Waals surface area contributed by atoms with Crippen molar-refractivity contribution in [2.45, 2.75) is 180 Å². The molecule has 0 aromatic heterocycles. The number of aliphatic hydroxyl groups excluding tert-OH is 1. The summed E-state index contributed by atoms with van der Waals surface area (Å²) >= 11 is 0. The summed E-state index contributed by atoms with van der Waals surface area (Å²) in [7, 11) is 3.28. The van der Waals surface area contributed by atoms with Crippen LogP contribution in [-0.4, -0.2) is 95.9 Å². The first kappa shape index (κ1) is 79.1. The molecule has 0 spiro atoms. The molecule has 12 rings (SSSR count). The lowest BCUT2D eigenvalue weighted by atomic mass is 9.83. The minimum Gasteiger partial charge on any atom is -0.486 e. The van der Waals surface area contributed by atoms with Crippen molar-refractivity contribution in [3.05, 3.63) is 161 Å². The Balaban J connectivity index is 0.000000172. The van der Waals surface area contributed by atoms with Crippen molar-refractivity contribution >= 4 is 86.3 Å². The molecule has 0 radical (unpaired) electrons. The third-order valence-electron chi connectivity index (χ3n) is 20.1. The number of carbonyl (C=O) groups excluding carboxylic acids is 6. The lowest BCUT2D eigenvalue weighted by Gasteiger charge is -2.39. The molecule has 570 valence electrons. The van der Waals surface area contributed by atoms with Crippen LogP contribution in [0, 0.1) is 0 Å². The number of amides is 6. The molecule has 6 aliphatic rings.